The van der Waals surface area contributed by atoms with Crippen molar-refractivity contribution in [1.82, 2.24) is 0 Å². The summed E-state index contributed by atoms with van der Waals surface area (Å²) in [6, 6.07) is 31.0. The molecule has 2 heterocycles. The van der Waals surface area contributed by atoms with Crippen LogP contribution in [0.5, 0.6) is 0 Å². The van der Waals surface area contributed by atoms with Crippen molar-refractivity contribution in [3.05, 3.63) is 125 Å². The minimum absolute atomic E-state index is 0.0435. The number of benzene rings is 4. The van der Waals surface area contributed by atoms with Crippen molar-refractivity contribution in [3.8, 4) is 0 Å². The van der Waals surface area contributed by atoms with E-state index in [1.54, 1.807) is 0 Å². The third-order valence-electron chi connectivity index (χ3n) is 11.4. The van der Waals surface area contributed by atoms with Crippen molar-refractivity contribution in [2.45, 2.75) is 118 Å². The lowest BCUT2D eigenvalue weighted by molar-refractivity contribution is 0.478. The van der Waals surface area contributed by atoms with Gasteiger partial charge in [0.2, 0.25) is 6.71 Å². The first-order valence-electron chi connectivity index (χ1n) is 18.7. The fourth-order valence-corrected chi connectivity index (χ4v) is 8.36. The van der Waals surface area contributed by atoms with Crippen molar-refractivity contribution < 1.29 is 0 Å². The van der Waals surface area contributed by atoms with Crippen LogP contribution >= 0.6 is 0 Å². The Labute approximate surface area is 303 Å². The maximum Gasteiger partial charge on any atom is 0.226 e. The van der Waals surface area contributed by atoms with Crippen LogP contribution in [0.2, 0.25) is 5.82 Å². The van der Waals surface area contributed by atoms with Gasteiger partial charge in [0.15, 0.2) is 0 Å². The van der Waals surface area contributed by atoms with E-state index >= 15 is 0 Å². The molecule has 0 amide bonds. The molecule has 4 aromatic carbocycles. The molecule has 0 saturated carbocycles. The molecule has 1 atom stereocenters. The highest BCUT2D eigenvalue weighted by molar-refractivity contribution is 6.91. The highest BCUT2D eigenvalue weighted by atomic mass is 15.2. The molecule has 50 heavy (non-hydrogen) atoms. The summed E-state index contributed by atoms with van der Waals surface area (Å²) in [5.74, 6) is 0.310. The summed E-state index contributed by atoms with van der Waals surface area (Å²) in [6.07, 6.45) is 5.94. The van der Waals surface area contributed by atoms with Crippen LogP contribution < -0.4 is 20.7 Å². The number of nitrogens with zero attached hydrogens (tertiary/aromatic N) is 2. The van der Waals surface area contributed by atoms with Crippen LogP contribution in [0.4, 0.5) is 28.4 Å². The second-order valence-corrected chi connectivity index (χ2v) is 19.3. The minimum atomic E-state index is 0.0435. The zero-order valence-electron chi connectivity index (χ0n) is 32.9. The molecular weight excluding hydrogens is 603 g/mol. The molecule has 1 unspecified atom stereocenters. The summed E-state index contributed by atoms with van der Waals surface area (Å²) in [6.45, 7) is 30.5. The van der Waals surface area contributed by atoms with Gasteiger partial charge in [-0.15, -0.1) is 0 Å². The van der Waals surface area contributed by atoms with Crippen molar-refractivity contribution in [3.63, 3.8) is 0 Å². The molecule has 0 fully saturated rings. The number of hydrogen-bond acceptors (Lipinski definition) is 2. The molecule has 0 radical (unpaired) electrons. The largest absolute Gasteiger partial charge is 0.315 e. The Kier molecular flexibility index (Phi) is 7.94. The number of hydrogen-bond donors (Lipinski definition) is 0. The highest BCUT2D eigenvalue weighted by Gasteiger charge is 2.49. The van der Waals surface area contributed by atoms with E-state index in [1.165, 1.54) is 72.9 Å². The summed E-state index contributed by atoms with van der Waals surface area (Å²) >= 11 is 0. The first-order valence-corrected chi connectivity index (χ1v) is 18.7. The van der Waals surface area contributed by atoms with Gasteiger partial charge in [-0.3, -0.25) is 0 Å². The molecule has 7 rings (SSSR count). The average molecular weight is 661 g/mol. The van der Waals surface area contributed by atoms with Crippen LogP contribution in [0, 0.1) is 12.3 Å². The Bertz CT molecular complexity index is 2020. The van der Waals surface area contributed by atoms with Crippen molar-refractivity contribution in [1.29, 1.82) is 0 Å². The Morgan fingerprint density at radius 2 is 1.00 bits per heavy atom. The van der Waals surface area contributed by atoms with Crippen LogP contribution in [0.15, 0.2) is 102 Å². The molecule has 0 aromatic heterocycles. The van der Waals surface area contributed by atoms with Crippen molar-refractivity contribution in [2.24, 2.45) is 5.41 Å². The third-order valence-corrected chi connectivity index (χ3v) is 11.4. The van der Waals surface area contributed by atoms with E-state index in [2.05, 4.69) is 191 Å². The molecule has 0 N–H and O–H groups in total. The average Bonchev–Trinajstić information content (AvgIpc) is 3.02. The molecule has 3 heteroatoms. The molecule has 258 valence electrons. The number of aryl methyl sites for hydroxylation is 1. The van der Waals surface area contributed by atoms with E-state index in [0.717, 1.165) is 6.42 Å². The van der Waals surface area contributed by atoms with Crippen molar-refractivity contribution >= 4 is 46.1 Å². The molecule has 0 spiro atoms. The van der Waals surface area contributed by atoms with E-state index < -0.39 is 0 Å². The van der Waals surface area contributed by atoms with Crippen LogP contribution in [0.25, 0.3) is 0 Å². The van der Waals surface area contributed by atoms with E-state index in [-0.39, 0.29) is 28.4 Å². The topological polar surface area (TPSA) is 6.48 Å². The van der Waals surface area contributed by atoms with Gasteiger partial charge in [-0.05, 0) is 123 Å². The summed E-state index contributed by atoms with van der Waals surface area (Å²) in [5.41, 5.74) is 18.0. The first-order chi connectivity index (χ1) is 23.2. The van der Waals surface area contributed by atoms with E-state index in [4.69, 9.17) is 0 Å². The van der Waals surface area contributed by atoms with Crippen molar-refractivity contribution in [2.75, 3.05) is 9.80 Å². The Balaban J connectivity index is 1.54. The zero-order chi connectivity index (χ0) is 36.1. The molecule has 2 nitrogen and oxygen atoms in total. The first kappa shape index (κ1) is 34.5. The number of fused-ring (bicyclic) bond motifs is 4. The number of rotatable bonds is 2. The molecule has 2 aliphatic heterocycles. The predicted molar refractivity (Wildman–Crippen MR) is 220 cm³/mol. The van der Waals surface area contributed by atoms with Gasteiger partial charge in [0, 0.05) is 34.1 Å². The fraction of sp³-hybridized carbons (Fsp3) is 0.404. The summed E-state index contributed by atoms with van der Waals surface area (Å²) in [7, 11) is 0. The van der Waals surface area contributed by atoms with E-state index in [9.17, 15) is 0 Å². The SMILES string of the molecule is Cc1cc2c3c(c1)N(c1ccc(C(C)(C)C)cc1)c1ccc(C(C)(C)C)cc1B3C1CC(C(C)(C)C)=CC=C1N2c1ccc(C(C)(C)C)cc1. The second-order valence-electron chi connectivity index (χ2n) is 19.3. The van der Waals surface area contributed by atoms with Gasteiger partial charge in [-0.25, -0.2) is 0 Å². The van der Waals surface area contributed by atoms with Crippen LogP contribution in [-0.4, -0.2) is 6.71 Å². The monoisotopic (exact) mass is 660 g/mol. The quantitative estimate of drug-likeness (QED) is 0.197. The van der Waals surface area contributed by atoms with Gasteiger partial charge in [0.1, 0.15) is 0 Å². The summed E-state index contributed by atoms with van der Waals surface area (Å²) in [4.78, 5) is 5.17. The predicted octanol–water partition coefficient (Wildman–Crippen LogP) is 12.1. The second kappa shape index (κ2) is 11.5. The summed E-state index contributed by atoms with van der Waals surface area (Å²) < 4.78 is 0. The van der Waals surface area contributed by atoms with Crippen LogP contribution in [0.3, 0.4) is 0 Å². The van der Waals surface area contributed by atoms with Gasteiger partial charge in [-0.2, -0.15) is 0 Å². The molecule has 4 aromatic rings. The number of allylic oxidation sites excluding steroid dienone is 4. The molecule has 0 saturated heterocycles. The van der Waals surface area contributed by atoms with E-state index in [0.29, 0.717) is 5.82 Å². The molecule has 1 aliphatic carbocycles. The lowest BCUT2D eigenvalue weighted by Crippen LogP contribution is -2.58. The van der Waals surface area contributed by atoms with Crippen LogP contribution in [-0.2, 0) is 16.2 Å². The standard InChI is InChI=1S/C47H57BN2/c1-30-26-41-43-42(27-30)50(36-22-16-32(17-23-36)45(5,6)7)40-25-19-34(47(11,12)13)29-38(40)48(43)37-28-33(46(8,9)10)18-24-39(37)49(41)35-20-14-31(15-21-35)44(2,3)4/h14-28,38H,29H2,1-13H3. The van der Waals surface area contributed by atoms with Gasteiger partial charge in [-0.1, -0.05) is 131 Å². The molecular formula is C47H57BN2. The van der Waals surface area contributed by atoms with Gasteiger partial charge in [0.05, 0.1) is 0 Å². The normalized spacial score (nSPS) is 17.5. The lowest BCUT2D eigenvalue weighted by Gasteiger charge is -2.50. The number of anilines is 5. The Morgan fingerprint density at radius 1 is 0.520 bits per heavy atom. The Hall–Kier alpha value is -3.98. The Morgan fingerprint density at radius 3 is 1.50 bits per heavy atom. The van der Waals surface area contributed by atoms with Gasteiger partial charge in [0.25, 0.3) is 0 Å². The lowest BCUT2D eigenvalue weighted by atomic mass is 9.28. The molecule has 0 bridgehead atoms. The zero-order valence-corrected chi connectivity index (χ0v) is 32.9. The van der Waals surface area contributed by atoms with Gasteiger partial charge >= 0.3 is 0 Å². The fourth-order valence-electron chi connectivity index (χ4n) is 8.36. The molecule has 3 aliphatic rings. The minimum Gasteiger partial charge on any atom is -0.315 e. The highest BCUT2D eigenvalue weighted by Crippen LogP contribution is 2.52. The van der Waals surface area contributed by atoms with Crippen LogP contribution in [0.1, 0.15) is 112 Å². The van der Waals surface area contributed by atoms with E-state index in [1.807, 2.05) is 0 Å². The smallest absolute Gasteiger partial charge is 0.226 e. The third kappa shape index (κ3) is 5.85. The summed E-state index contributed by atoms with van der Waals surface area (Å²) in [5, 5.41) is 0. The van der Waals surface area contributed by atoms with Gasteiger partial charge < -0.3 is 9.80 Å². The maximum absolute atomic E-state index is 2.61. The maximum atomic E-state index is 2.61.